The first-order valence-electron chi connectivity index (χ1n) is 7.12. The molecule has 7 heteroatoms. The molecule has 116 valence electrons. The van der Waals surface area contributed by atoms with Crippen LogP contribution in [0.5, 0.6) is 0 Å². The van der Waals surface area contributed by atoms with E-state index >= 15 is 0 Å². The molecule has 0 aliphatic heterocycles. The van der Waals surface area contributed by atoms with E-state index in [-0.39, 0.29) is 5.97 Å². The van der Waals surface area contributed by atoms with Gasteiger partial charge in [0.25, 0.3) is 0 Å². The second-order valence-corrected chi connectivity index (χ2v) is 4.57. The maximum absolute atomic E-state index is 11.7. The van der Waals surface area contributed by atoms with Gasteiger partial charge in [0.05, 0.1) is 17.9 Å². The molecular formula is C16H15N5O2. The highest BCUT2D eigenvalue weighted by Gasteiger charge is 2.15. The summed E-state index contributed by atoms with van der Waals surface area (Å²) in [4.78, 5) is 24.4. The molecule has 2 aromatic heterocycles. The van der Waals surface area contributed by atoms with Gasteiger partial charge < -0.3 is 4.74 Å². The van der Waals surface area contributed by atoms with Gasteiger partial charge in [-0.3, -0.25) is 0 Å². The molecule has 7 nitrogen and oxygen atoms in total. The first-order valence-corrected chi connectivity index (χ1v) is 7.12. The minimum atomic E-state index is -0.343. The fourth-order valence-electron chi connectivity index (χ4n) is 2.08. The summed E-state index contributed by atoms with van der Waals surface area (Å²) in [6, 6.07) is 8.78. The van der Waals surface area contributed by atoms with Crippen molar-refractivity contribution >= 4 is 17.6 Å². The molecule has 0 radical (unpaired) electrons. The number of hydrogen-bond acceptors (Lipinski definition) is 6. The molecule has 0 saturated heterocycles. The Labute approximate surface area is 133 Å². The second-order valence-electron chi connectivity index (χ2n) is 4.57. The molecule has 1 aromatic carbocycles. The van der Waals surface area contributed by atoms with Gasteiger partial charge in [-0.15, -0.1) is 0 Å². The van der Waals surface area contributed by atoms with Crippen molar-refractivity contribution in [3.8, 4) is 0 Å². The van der Waals surface area contributed by atoms with Gasteiger partial charge in [0, 0.05) is 24.8 Å². The molecule has 0 spiro atoms. The number of anilines is 2. The van der Waals surface area contributed by atoms with E-state index in [4.69, 9.17) is 4.74 Å². The quantitative estimate of drug-likeness (QED) is 0.674. The monoisotopic (exact) mass is 309 g/mol. The number of esters is 1. The Bertz CT molecular complexity index is 757. The summed E-state index contributed by atoms with van der Waals surface area (Å²) in [6.45, 7) is 2.12. The lowest BCUT2D eigenvalue weighted by Gasteiger charge is -2.23. The topological polar surface area (TPSA) is 73.1 Å². The fourth-order valence-corrected chi connectivity index (χ4v) is 2.08. The molecular weight excluding hydrogens is 294 g/mol. The van der Waals surface area contributed by atoms with E-state index in [0.717, 1.165) is 5.69 Å². The van der Waals surface area contributed by atoms with Crippen molar-refractivity contribution in [2.45, 2.75) is 6.92 Å². The SMILES string of the molecule is CCOC(=O)c1ccc(N(c2ncccn2)n2ccnc2)cc1. The van der Waals surface area contributed by atoms with Crippen LogP contribution in [0.3, 0.4) is 0 Å². The summed E-state index contributed by atoms with van der Waals surface area (Å²) >= 11 is 0. The van der Waals surface area contributed by atoms with Crippen LogP contribution < -0.4 is 5.01 Å². The average Bonchev–Trinajstić information content (AvgIpc) is 3.11. The minimum absolute atomic E-state index is 0.343. The van der Waals surface area contributed by atoms with Crippen molar-refractivity contribution in [3.63, 3.8) is 0 Å². The zero-order chi connectivity index (χ0) is 16.1. The predicted octanol–water partition coefficient (Wildman–Crippen LogP) is 2.45. The number of imidazole rings is 1. The Morgan fingerprint density at radius 2 is 1.91 bits per heavy atom. The van der Waals surface area contributed by atoms with Crippen LogP contribution in [0, 0.1) is 0 Å². The highest BCUT2D eigenvalue weighted by Crippen LogP contribution is 2.23. The number of hydrogen-bond donors (Lipinski definition) is 0. The first kappa shape index (κ1) is 14.7. The summed E-state index contributed by atoms with van der Waals surface area (Å²) in [5.41, 5.74) is 1.29. The molecule has 23 heavy (non-hydrogen) atoms. The van der Waals surface area contributed by atoms with Gasteiger partial charge in [0.1, 0.15) is 6.33 Å². The van der Waals surface area contributed by atoms with Gasteiger partial charge in [0.15, 0.2) is 0 Å². The van der Waals surface area contributed by atoms with Crippen LogP contribution in [0.2, 0.25) is 0 Å². The molecule has 0 N–H and O–H groups in total. The molecule has 0 unspecified atom stereocenters. The van der Waals surface area contributed by atoms with Crippen LogP contribution in [0.4, 0.5) is 11.6 Å². The van der Waals surface area contributed by atoms with E-state index in [0.29, 0.717) is 18.1 Å². The standard InChI is InChI=1S/C16H15N5O2/c1-2-23-15(22)13-4-6-14(7-5-13)21(20-11-10-17-12-20)16-18-8-3-9-19-16/h3-12H,2H2,1H3. The number of rotatable bonds is 5. The molecule has 0 aliphatic rings. The molecule has 0 amide bonds. The van der Waals surface area contributed by atoms with Crippen molar-refractivity contribution in [2.75, 3.05) is 11.6 Å². The fraction of sp³-hybridized carbons (Fsp3) is 0.125. The van der Waals surface area contributed by atoms with Crippen LogP contribution in [-0.2, 0) is 4.74 Å². The van der Waals surface area contributed by atoms with Crippen molar-refractivity contribution in [1.29, 1.82) is 0 Å². The van der Waals surface area contributed by atoms with Crippen molar-refractivity contribution in [1.82, 2.24) is 19.6 Å². The van der Waals surface area contributed by atoms with Crippen LogP contribution >= 0.6 is 0 Å². The van der Waals surface area contributed by atoms with E-state index in [2.05, 4.69) is 15.0 Å². The van der Waals surface area contributed by atoms with E-state index < -0.39 is 0 Å². The second kappa shape index (κ2) is 6.69. The summed E-state index contributed by atoms with van der Waals surface area (Å²) in [5.74, 6) is 0.151. The Morgan fingerprint density at radius 1 is 1.17 bits per heavy atom. The summed E-state index contributed by atoms with van der Waals surface area (Å²) < 4.78 is 6.75. The number of aromatic nitrogens is 4. The van der Waals surface area contributed by atoms with Gasteiger partial charge in [-0.1, -0.05) is 0 Å². The van der Waals surface area contributed by atoms with E-state index in [9.17, 15) is 4.79 Å². The molecule has 0 saturated carbocycles. The van der Waals surface area contributed by atoms with Crippen molar-refractivity contribution in [3.05, 3.63) is 67.0 Å². The van der Waals surface area contributed by atoms with E-state index in [1.165, 1.54) is 0 Å². The van der Waals surface area contributed by atoms with Gasteiger partial charge >= 0.3 is 5.97 Å². The molecule has 0 atom stereocenters. The highest BCUT2D eigenvalue weighted by atomic mass is 16.5. The van der Waals surface area contributed by atoms with Gasteiger partial charge in [-0.05, 0) is 37.3 Å². The number of benzene rings is 1. The lowest BCUT2D eigenvalue weighted by atomic mass is 10.2. The first-order chi connectivity index (χ1) is 11.3. The maximum atomic E-state index is 11.7. The van der Waals surface area contributed by atoms with Gasteiger partial charge in [-0.2, -0.15) is 0 Å². The summed E-state index contributed by atoms with van der Waals surface area (Å²) in [5, 5.41) is 1.78. The molecule has 3 aromatic rings. The van der Waals surface area contributed by atoms with Crippen molar-refractivity contribution < 1.29 is 9.53 Å². The van der Waals surface area contributed by atoms with Crippen LogP contribution in [0.25, 0.3) is 0 Å². The lowest BCUT2D eigenvalue weighted by molar-refractivity contribution is 0.0526. The number of ether oxygens (including phenoxy) is 1. The van der Waals surface area contributed by atoms with Crippen LogP contribution in [-0.4, -0.2) is 32.2 Å². The molecule has 0 bridgehead atoms. The Kier molecular flexibility index (Phi) is 4.28. The normalized spacial score (nSPS) is 10.3. The van der Waals surface area contributed by atoms with Crippen LogP contribution in [0.1, 0.15) is 17.3 Å². The van der Waals surface area contributed by atoms with Gasteiger partial charge in [0.2, 0.25) is 5.95 Å². The largest absolute Gasteiger partial charge is 0.462 e. The smallest absolute Gasteiger partial charge is 0.338 e. The van der Waals surface area contributed by atoms with Crippen LogP contribution in [0.15, 0.2) is 61.4 Å². The Morgan fingerprint density at radius 3 is 2.52 bits per heavy atom. The third-order valence-electron chi connectivity index (χ3n) is 3.09. The third kappa shape index (κ3) is 3.18. The van der Waals surface area contributed by atoms with Gasteiger partial charge in [-0.25, -0.2) is 29.4 Å². The van der Waals surface area contributed by atoms with E-state index in [1.807, 2.05) is 12.1 Å². The molecule has 3 rings (SSSR count). The minimum Gasteiger partial charge on any atom is -0.462 e. The molecule has 0 fully saturated rings. The summed E-state index contributed by atoms with van der Waals surface area (Å²) in [7, 11) is 0. The number of nitrogens with zero attached hydrogens (tertiary/aromatic N) is 5. The number of carbonyl (C=O) groups is 1. The lowest BCUT2D eigenvalue weighted by Crippen LogP contribution is -2.24. The molecule has 0 aliphatic carbocycles. The highest BCUT2D eigenvalue weighted by molar-refractivity contribution is 5.89. The molecule has 2 heterocycles. The zero-order valence-corrected chi connectivity index (χ0v) is 12.5. The number of carbonyl (C=O) groups excluding carboxylic acids is 1. The van der Waals surface area contributed by atoms with E-state index in [1.54, 1.807) is 65.9 Å². The maximum Gasteiger partial charge on any atom is 0.338 e. The predicted molar refractivity (Wildman–Crippen MR) is 84.2 cm³/mol. The summed E-state index contributed by atoms with van der Waals surface area (Å²) in [6.07, 6.45) is 8.44. The van der Waals surface area contributed by atoms with Crippen molar-refractivity contribution in [2.24, 2.45) is 0 Å². The Hall–Kier alpha value is -3.22. The third-order valence-corrected chi connectivity index (χ3v) is 3.09. The average molecular weight is 309 g/mol. The Balaban J connectivity index is 1.96. The zero-order valence-electron chi connectivity index (χ0n) is 12.5.